The molecule has 0 bridgehead atoms. The number of morpholine rings is 1. The third-order valence-electron chi connectivity index (χ3n) is 3.62. The second-order valence-corrected chi connectivity index (χ2v) is 6.01. The zero-order chi connectivity index (χ0) is 14.8. The van der Waals surface area contributed by atoms with Crippen LogP contribution in [-0.2, 0) is 9.84 Å². The fourth-order valence-corrected chi connectivity index (χ4v) is 3.58. The number of nitrogens with zero attached hydrogens (tertiary/aromatic N) is 1. The van der Waals surface area contributed by atoms with E-state index in [0.717, 1.165) is 10.4 Å². The van der Waals surface area contributed by atoms with Crippen molar-refractivity contribution in [3.05, 3.63) is 40.8 Å². The van der Waals surface area contributed by atoms with E-state index in [-0.39, 0.29) is 11.7 Å². The molecule has 1 aromatic carbocycles. The summed E-state index contributed by atoms with van der Waals surface area (Å²) in [6, 6.07) is 9.72. The number of rotatable bonds is 2. The molecule has 0 aliphatic carbocycles. The Morgan fingerprint density at radius 3 is 2.52 bits per heavy atom. The summed E-state index contributed by atoms with van der Waals surface area (Å²) in [7, 11) is 0. The average Bonchev–Trinajstić information content (AvgIpc) is 2.84. The third-order valence-corrected chi connectivity index (χ3v) is 4.93. The van der Waals surface area contributed by atoms with E-state index in [2.05, 4.69) is 0 Å². The van der Waals surface area contributed by atoms with E-state index < -0.39 is 0 Å². The van der Waals surface area contributed by atoms with Crippen LogP contribution in [0.1, 0.15) is 15.2 Å². The number of benzene rings is 1. The van der Waals surface area contributed by atoms with E-state index in [1.54, 1.807) is 11.8 Å². The molecular weight excluding hydrogens is 286 g/mol. The molecule has 1 fully saturated rings. The van der Waals surface area contributed by atoms with Gasteiger partial charge in [0, 0.05) is 23.5 Å². The highest BCUT2D eigenvalue weighted by Crippen LogP contribution is 2.41. The van der Waals surface area contributed by atoms with Gasteiger partial charge in [-0.15, -0.1) is 11.3 Å². The lowest BCUT2D eigenvalue weighted by Gasteiger charge is -2.26. The number of carbonyl (C=O) groups is 1. The molecule has 3 rings (SSSR count). The average molecular weight is 302 g/mol. The molecule has 0 spiro atoms. The largest absolute Gasteiger partial charge is 0.378 e. The van der Waals surface area contributed by atoms with Gasteiger partial charge in [0.2, 0.25) is 5.75 Å². The fraction of sp³-hybridized carbons (Fsp3) is 0.312. The first-order valence-corrected chi connectivity index (χ1v) is 7.73. The first-order valence-electron chi connectivity index (χ1n) is 6.91. The lowest BCUT2D eigenvalue weighted by molar-refractivity contribution is 0.0303. The van der Waals surface area contributed by atoms with Gasteiger partial charge < -0.3 is 9.64 Å². The molecule has 4 nitrogen and oxygen atoms in total. The van der Waals surface area contributed by atoms with Crippen molar-refractivity contribution in [1.82, 2.24) is 4.90 Å². The number of thiophene rings is 1. The van der Waals surface area contributed by atoms with E-state index in [1.165, 1.54) is 11.3 Å². The summed E-state index contributed by atoms with van der Waals surface area (Å²) in [5, 5.41) is 12.4. The van der Waals surface area contributed by atoms with Crippen molar-refractivity contribution in [2.24, 2.45) is 0 Å². The van der Waals surface area contributed by atoms with Gasteiger partial charge in [-0.1, -0.05) is 30.3 Å². The summed E-state index contributed by atoms with van der Waals surface area (Å²) in [5.74, 6) is -0.311. The highest BCUT2D eigenvalue weighted by Gasteiger charge is 2.27. The van der Waals surface area contributed by atoms with E-state index in [1.807, 2.05) is 30.3 Å². The Balaban J connectivity index is 1.95. The lowest BCUT2D eigenvalue weighted by atomic mass is 10.1. The summed E-state index contributed by atoms with van der Waals surface area (Å²) in [5.41, 5.74) is 1.64. The van der Waals surface area contributed by atoms with Gasteiger partial charge in [0.1, 0.15) is 4.88 Å². The first-order chi connectivity index (χ1) is 10.2. The van der Waals surface area contributed by atoms with Crippen molar-refractivity contribution in [2.45, 2.75) is 6.92 Å². The summed E-state index contributed by atoms with van der Waals surface area (Å²) in [6.07, 6.45) is 0. The number of amides is 1. The van der Waals surface area contributed by atoms with Crippen LogP contribution in [0, 0.1) is 6.92 Å². The fourth-order valence-electron chi connectivity index (χ4n) is 2.41. The molecule has 1 aliphatic heterocycles. The first kappa shape index (κ1) is 14.1. The van der Waals surface area contributed by atoms with Crippen LogP contribution in [0.2, 0.25) is 0 Å². The lowest BCUT2D eigenvalue weighted by Crippen LogP contribution is -2.40. The molecule has 0 unspecified atom stereocenters. The molecule has 2 aromatic rings. The summed E-state index contributed by atoms with van der Waals surface area (Å²) >= 11 is 1.30. The molecule has 1 radical (unpaired) electrons. The van der Waals surface area contributed by atoms with Gasteiger partial charge >= 0.3 is 0 Å². The van der Waals surface area contributed by atoms with Crippen LogP contribution in [0.15, 0.2) is 30.3 Å². The van der Waals surface area contributed by atoms with Gasteiger partial charge in [-0.05, 0) is 12.5 Å². The van der Waals surface area contributed by atoms with Crippen LogP contribution in [0.5, 0.6) is 5.75 Å². The van der Waals surface area contributed by atoms with Crippen LogP contribution in [-0.4, -0.2) is 37.1 Å². The maximum Gasteiger partial charge on any atom is 0.268 e. The van der Waals surface area contributed by atoms with Gasteiger partial charge in [0.25, 0.3) is 5.91 Å². The molecule has 109 valence electrons. The quantitative estimate of drug-likeness (QED) is 0.854. The Hall–Kier alpha value is -1.85. The highest BCUT2D eigenvalue weighted by atomic mass is 32.1. The van der Waals surface area contributed by atoms with Gasteiger partial charge in [0.15, 0.2) is 0 Å². The summed E-state index contributed by atoms with van der Waals surface area (Å²) in [4.78, 5) is 15.4. The molecule has 1 saturated heterocycles. The molecule has 2 heterocycles. The monoisotopic (exact) mass is 302 g/mol. The molecule has 0 saturated carbocycles. The standard InChI is InChI=1S/C16H16NO3S/c1-11-13(18)15(16(19)17-7-9-20-10-8-17)21-14(11)12-5-3-2-4-6-12/h2-6H,7-10H2,1H3. The number of hydrogen-bond acceptors (Lipinski definition) is 3. The molecule has 1 aliphatic rings. The smallest absolute Gasteiger partial charge is 0.268 e. The number of carbonyl (C=O) groups excluding carboxylic acids is 1. The maximum absolute atomic E-state index is 12.5. The van der Waals surface area contributed by atoms with E-state index in [9.17, 15) is 9.90 Å². The second kappa shape index (κ2) is 5.87. The Morgan fingerprint density at radius 1 is 1.19 bits per heavy atom. The molecule has 0 atom stereocenters. The molecule has 5 heteroatoms. The third kappa shape index (κ3) is 2.66. The van der Waals surface area contributed by atoms with E-state index >= 15 is 0 Å². The van der Waals surface area contributed by atoms with Crippen molar-refractivity contribution < 1.29 is 14.6 Å². The molecule has 0 N–H and O–H groups in total. The predicted molar refractivity (Wildman–Crippen MR) is 81.3 cm³/mol. The normalized spacial score (nSPS) is 15.2. The maximum atomic E-state index is 12.5. The minimum absolute atomic E-state index is 0.143. The van der Waals surface area contributed by atoms with Crippen LogP contribution < -0.4 is 0 Å². The Labute approximate surface area is 127 Å². The van der Waals surface area contributed by atoms with Crippen molar-refractivity contribution >= 4 is 17.2 Å². The van der Waals surface area contributed by atoms with Crippen LogP contribution in [0.3, 0.4) is 0 Å². The van der Waals surface area contributed by atoms with Crippen molar-refractivity contribution in [3.8, 4) is 16.2 Å². The number of hydrogen-bond donors (Lipinski definition) is 0. The SMILES string of the molecule is Cc1c(-c2ccccc2)sc(C(=O)N2CCOCC2)c1[O]. The van der Waals surface area contributed by atoms with Crippen LogP contribution in [0.4, 0.5) is 0 Å². The van der Waals surface area contributed by atoms with Crippen molar-refractivity contribution in [1.29, 1.82) is 0 Å². The van der Waals surface area contributed by atoms with E-state index in [0.29, 0.717) is 36.7 Å². The van der Waals surface area contributed by atoms with Crippen molar-refractivity contribution in [3.63, 3.8) is 0 Å². The molecular formula is C16H16NO3S. The minimum atomic E-state index is -0.168. The summed E-state index contributed by atoms with van der Waals surface area (Å²) in [6.45, 7) is 3.97. The Kier molecular flexibility index (Phi) is 3.94. The summed E-state index contributed by atoms with van der Waals surface area (Å²) < 4.78 is 5.25. The predicted octanol–water partition coefficient (Wildman–Crippen LogP) is 3.34. The Bertz CT molecular complexity index is 645. The highest BCUT2D eigenvalue weighted by molar-refractivity contribution is 7.18. The van der Waals surface area contributed by atoms with E-state index in [4.69, 9.17) is 4.74 Å². The molecule has 1 amide bonds. The second-order valence-electron chi connectivity index (χ2n) is 4.99. The van der Waals surface area contributed by atoms with Gasteiger partial charge in [-0.25, -0.2) is 0 Å². The van der Waals surface area contributed by atoms with Crippen LogP contribution >= 0.6 is 11.3 Å². The van der Waals surface area contributed by atoms with Gasteiger partial charge in [-0.3, -0.25) is 9.90 Å². The molecule has 1 aromatic heterocycles. The van der Waals surface area contributed by atoms with Crippen molar-refractivity contribution in [2.75, 3.05) is 26.3 Å². The Morgan fingerprint density at radius 2 is 1.86 bits per heavy atom. The minimum Gasteiger partial charge on any atom is -0.378 e. The zero-order valence-electron chi connectivity index (χ0n) is 11.8. The number of ether oxygens (including phenoxy) is 1. The van der Waals surface area contributed by atoms with Gasteiger partial charge in [-0.2, -0.15) is 0 Å². The van der Waals surface area contributed by atoms with Gasteiger partial charge in [0.05, 0.1) is 13.2 Å². The van der Waals surface area contributed by atoms with Crippen LogP contribution in [0.25, 0.3) is 10.4 Å². The topological polar surface area (TPSA) is 49.4 Å². The molecule has 21 heavy (non-hydrogen) atoms. The zero-order valence-corrected chi connectivity index (χ0v) is 12.6.